The van der Waals surface area contributed by atoms with Gasteiger partial charge in [0.05, 0.1) is 27.7 Å². The molecule has 0 aliphatic carbocycles. The molecule has 0 aromatic rings. The third-order valence-electron chi connectivity index (χ3n) is 15.9. The summed E-state index contributed by atoms with van der Waals surface area (Å²) >= 11 is 0. The predicted molar refractivity (Wildman–Crippen MR) is 417 cm³/mol. The van der Waals surface area contributed by atoms with Crippen LogP contribution in [0.25, 0.3) is 0 Å². The van der Waals surface area contributed by atoms with Crippen molar-refractivity contribution in [3.63, 3.8) is 0 Å². The van der Waals surface area contributed by atoms with Gasteiger partial charge in [-0.15, -0.1) is 0 Å². The van der Waals surface area contributed by atoms with Crippen LogP contribution in [-0.4, -0.2) is 74.9 Å². The molecule has 0 saturated carbocycles. The van der Waals surface area contributed by atoms with Gasteiger partial charge in [-0.05, 0) is 135 Å². The van der Waals surface area contributed by atoms with Crippen molar-refractivity contribution in [2.24, 2.45) is 0 Å². The maximum absolute atomic E-state index is 12.9. The Labute approximate surface area is 591 Å². The standard InChI is InChI=1S/C86H142NO8P/c1-6-8-10-12-14-16-18-20-22-24-26-28-30-32-34-36-38-39-40-41-42-43-44-45-46-47-49-50-52-54-56-58-60-62-64-66-68-70-72-74-76-78-85(88)92-82-84(83-94-96(90,91)93-81-80-87(3,4)5)95-86(89)79-77-75-73-71-69-67-65-63-61-59-57-55-53-51-48-37-35-33-31-29-27-25-23-21-19-17-15-13-11-9-7-2/h8-11,14-17,20-23,26-29,32-35,38-39,48,51,55,57,61,63,67,69,84H,6-7,12-13,18-19,24-25,30-31,36-37,40-47,49-50,52-54,56,58-60,62,64-66,68,70-83H2,1-5H3/p+1/b10-8-,11-9-,16-14-,17-15-,22-20-,23-21-,28-26-,29-27-,34-32-,35-33-,39-38-,51-48-,57-55-,63-61-,69-67-. The molecule has 0 heterocycles. The summed E-state index contributed by atoms with van der Waals surface area (Å²) in [6, 6.07) is 0. The minimum atomic E-state index is -4.42. The average molecular weight is 1350 g/mol. The number of rotatable bonds is 69. The van der Waals surface area contributed by atoms with E-state index in [0.717, 1.165) is 135 Å². The first-order valence-corrected chi connectivity index (χ1v) is 40.0. The molecule has 2 atom stereocenters. The highest BCUT2D eigenvalue weighted by molar-refractivity contribution is 7.47. The average Bonchev–Trinajstić information content (AvgIpc) is 1.97. The predicted octanol–water partition coefficient (Wildman–Crippen LogP) is 25.8. The maximum atomic E-state index is 12.9. The number of ether oxygens (including phenoxy) is 2. The fourth-order valence-electron chi connectivity index (χ4n) is 10.1. The number of phosphoric acid groups is 1. The lowest BCUT2D eigenvalue weighted by molar-refractivity contribution is -0.870. The molecule has 0 spiro atoms. The van der Waals surface area contributed by atoms with Crippen molar-refractivity contribution < 1.29 is 42.1 Å². The molecule has 0 radical (unpaired) electrons. The van der Waals surface area contributed by atoms with Gasteiger partial charge in [0.15, 0.2) is 6.10 Å². The molecule has 0 rings (SSSR count). The molecular formula is C86H143NO8P+. The van der Waals surface area contributed by atoms with E-state index in [1.165, 1.54) is 128 Å². The van der Waals surface area contributed by atoms with Crippen molar-refractivity contribution in [3.05, 3.63) is 182 Å². The Kier molecular flexibility index (Phi) is 70.5. The number of likely N-dealkylation sites (N-methyl/N-ethyl adjacent to an activating group) is 1. The van der Waals surface area contributed by atoms with Crippen LogP contribution in [0.15, 0.2) is 182 Å². The first-order chi connectivity index (χ1) is 47.0. The topological polar surface area (TPSA) is 108 Å². The van der Waals surface area contributed by atoms with Crippen LogP contribution < -0.4 is 0 Å². The molecule has 0 saturated heterocycles. The van der Waals surface area contributed by atoms with Gasteiger partial charge < -0.3 is 18.9 Å². The number of unbranched alkanes of at least 4 members (excludes halogenated alkanes) is 25. The van der Waals surface area contributed by atoms with E-state index in [1.54, 1.807) is 0 Å². The lowest BCUT2D eigenvalue weighted by Crippen LogP contribution is -2.37. The van der Waals surface area contributed by atoms with Crippen LogP contribution in [0.2, 0.25) is 0 Å². The van der Waals surface area contributed by atoms with Gasteiger partial charge in [-0.3, -0.25) is 18.6 Å². The summed E-state index contributed by atoms with van der Waals surface area (Å²) in [5.41, 5.74) is 0. The van der Waals surface area contributed by atoms with Crippen LogP contribution in [0, 0.1) is 0 Å². The molecule has 2 unspecified atom stereocenters. The van der Waals surface area contributed by atoms with Gasteiger partial charge in [-0.1, -0.05) is 331 Å². The first-order valence-electron chi connectivity index (χ1n) is 38.5. The SMILES string of the molecule is CC/C=C\C/C=C\C/C=C\C/C=C\C/C=C\C/C=C\C/C=C\C/C=C\C/C=C\CCCCCC(=O)OC(COC(=O)CCCCCCCCCCCCCCCCCCCCCCCC/C=C\C/C=C\C/C=C\C/C=C\C/C=C\C/C=C\CC)COP(=O)(O)OCC[N+](C)(C)C. The normalized spacial score (nSPS) is 14.1. The molecular weight excluding hydrogens is 1210 g/mol. The molecule has 0 bridgehead atoms. The maximum Gasteiger partial charge on any atom is 0.472 e. The van der Waals surface area contributed by atoms with Crippen LogP contribution in [0.3, 0.4) is 0 Å². The van der Waals surface area contributed by atoms with Gasteiger partial charge in [-0.25, -0.2) is 4.57 Å². The summed E-state index contributed by atoms with van der Waals surface area (Å²) in [6.07, 6.45) is 115. The fourth-order valence-corrected chi connectivity index (χ4v) is 10.9. The zero-order valence-electron chi connectivity index (χ0n) is 62.0. The molecule has 0 fully saturated rings. The van der Waals surface area contributed by atoms with Gasteiger partial charge in [0, 0.05) is 12.8 Å². The monoisotopic (exact) mass is 1350 g/mol. The number of carbonyl (C=O) groups is 2. The molecule has 1 N–H and O–H groups in total. The number of carbonyl (C=O) groups excluding carboxylic acids is 2. The van der Waals surface area contributed by atoms with Crippen molar-refractivity contribution in [2.45, 2.75) is 302 Å². The smallest absolute Gasteiger partial charge is 0.462 e. The van der Waals surface area contributed by atoms with Crippen LogP contribution in [0.5, 0.6) is 0 Å². The number of hydrogen-bond donors (Lipinski definition) is 1. The molecule has 9 nitrogen and oxygen atoms in total. The third kappa shape index (κ3) is 78.1. The summed E-state index contributed by atoms with van der Waals surface area (Å²) in [5.74, 6) is -0.839. The largest absolute Gasteiger partial charge is 0.472 e. The van der Waals surface area contributed by atoms with Crippen molar-refractivity contribution in [2.75, 3.05) is 47.5 Å². The van der Waals surface area contributed by atoms with Crippen LogP contribution in [0.1, 0.15) is 296 Å². The van der Waals surface area contributed by atoms with Crippen LogP contribution in [0.4, 0.5) is 0 Å². The molecule has 0 aromatic carbocycles. The molecule has 96 heavy (non-hydrogen) atoms. The van der Waals surface area contributed by atoms with Gasteiger partial charge in [-0.2, -0.15) is 0 Å². The number of quaternary nitrogens is 1. The molecule has 0 aliphatic heterocycles. The Hall–Kier alpha value is -4.89. The second-order valence-electron chi connectivity index (χ2n) is 26.3. The Morgan fingerprint density at radius 3 is 0.844 bits per heavy atom. The minimum absolute atomic E-state index is 0.0171. The van der Waals surface area contributed by atoms with Gasteiger partial charge in [0.25, 0.3) is 0 Å². The van der Waals surface area contributed by atoms with Crippen molar-refractivity contribution in [1.82, 2.24) is 0 Å². The quantitative estimate of drug-likeness (QED) is 0.0211. The molecule has 0 amide bonds. The highest BCUT2D eigenvalue weighted by atomic mass is 31.2. The zero-order valence-corrected chi connectivity index (χ0v) is 62.9. The number of phosphoric ester groups is 1. The minimum Gasteiger partial charge on any atom is -0.462 e. The summed E-state index contributed by atoms with van der Waals surface area (Å²) < 4.78 is 34.7. The lowest BCUT2D eigenvalue weighted by Gasteiger charge is -2.24. The van der Waals surface area contributed by atoms with E-state index >= 15 is 0 Å². The Morgan fingerprint density at radius 2 is 0.562 bits per heavy atom. The van der Waals surface area contributed by atoms with Crippen molar-refractivity contribution in [3.8, 4) is 0 Å². The van der Waals surface area contributed by atoms with Gasteiger partial charge in [0.1, 0.15) is 19.8 Å². The van der Waals surface area contributed by atoms with Crippen molar-refractivity contribution >= 4 is 19.8 Å². The highest BCUT2D eigenvalue weighted by Gasteiger charge is 2.27. The van der Waals surface area contributed by atoms with Crippen LogP contribution >= 0.6 is 7.82 Å². The summed E-state index contributed by atoms with van der Waals surface area (Å²) in [7, 11) is 1.44. The summed E-state index contributed by atoms with van der Waals surface area (Å²) in [6.45, 7) is 4.17. The number of hydrogen-bond acceptors (Lipinski definition) is 7. The number of esters is 2. The highest BCUT2D eigenvalue weighted by Crippen LogP contribution is 2.43. The van der Waals surface area contributed by atoms with E-state index in [0.29, 0.717) is 17.4 Å². The molecule has 10 heteroatoms. The van der Waals surface area contributed by atoms with Gasteiger partial charge in [0.2, 0.25) is 0 Å². The fraction of sp³-hybridized carbons (Fsp3) is 0.628. The van der Waals surface area contributed by atoms with Gasteiger partial charge >= 0.3 is 19.8 Å². The van der Waals surface area contributed by atoms with E-state index in [9.17, 15) is 19.0 Å². The zero-order chi connectivity index (χ0) is 69.7. The number of nitrogens with zero attached hydrogens (tertiary/aromatic N) is 1. The molecule has 0 aliphatic rings. The molecule has 0 aromatic heterocycles. The second-order valence-corrected chi connectivity index (χ2v) is 27.7. The van der Waals surface area contributed by atoms with E-state index < -0.39 is 26.5 Å². The first kappa shape index (κ1) is 91.1. The number of allylic oxidation sites excluding steroid dienone is 30. The van der Waals surface area contributed by atoms with Crippen molar-refractivity contribution in [1.29, 1.82) is 0 Å². The Balaban J connectivity index is 4.05. The van der Waals surface area contributed by atoms with E-state index in [1.807, 2.05) is 21.1 Å². The second kappa shape index (κ2) is 74.3. The molecule has 544 valence electrons. The van der Waals surface area contributed by atoms with E-state index in [4.69, 9.17) is 18.5 Å². The third-order valence-corrected chi connectivity index (χ3v) is 16.9. The summed E-state index contributed by atoms with van der Waals surface area (Å²) in [5, 5.41) is 0. The Bertz CT molecular complexity index is 2280. The van der Waals surface area contributed by atoms with Crippen LogP contribution in [-0.2, 0) is 32.7 Å². The summed E-state index contributed by atoms with van der Waals surface area (Å²) in [4.78, 5) is 35.9. The van der Waals surface area contributed by atoms with E-state index in [2.05, 4.69) is 196 Å². The lowest BCUT2D eigenvalue weighted by atomic mass is 10.0. The Morgan fingerprint density at radius 1 is 0.323 bits per heavy atom. The van der Waals surface area contributed by atoms with E-state index in [-0.39, 0.29) is 32.0 Å².